The van der Waals surface area contributed by atoms with Gasteiger partial charge in [-0.15, -0.1) is 0 Å². The molecule has 4 rings (SSSR count). The van der Waals surface area contributed by atoms with Crippen LogP contribution in [0, 0.1) is 52.3 Å². The number of rotatable bonds is 7. The Bertz CT molecular complexity index is 610. The summed E-state index contributed by atoms with van der Waals surface area (Å²) in [5, 5.41) is 0. The van der Waals surface area contributed by atoms with Crippen LogP contribution in [0.2, 0.25) is 0 Å². The van der Waals surface area contributed by atoms with E-state index >= 15 is 0 Å². The molecule has 0 heterocycles. The van der Waals surface area contributed by atoms with Crippen molar-refractivity contribution in [1.29, 1.82) is 0 Å². The molecule has 0 aromatic heterocycles. The first-order chi connectivity index (χ1) is 14.7. The average Bonchev–Trinajstić information content (AvgIpc) is 3.10. The highest BCUT2D eigenvalue weighted by molar-refractivity contribution is 5.10. The highest BCUT2D eigenvalue weighted by Gasteiger charge is 2.61. The second-order valence-electron chi connectivity index (χ2n) is 13.2. The van der Waals surface area contributed by atoms with Crippen LogP contribution in [-0.4, -0.2) is 20.0 Å². The van der Waals surface area contributed by atoms with Gasteiger partial charge in [0.05, 0.1) is 0 Å². The lowest BCUT2D eigenvalue weighted by atomic mass is 9.44. The van der Waals surface area contributed by atoms with Crippen LogP contribution in [0.3, 0.4) is 0 Å². The number of ether oxygens (including phenoxy) is 2. The van der Waals surface area contributed by atoms with Crippen LogP contribution in [0.1, 0.15) is 112 Å². The zero-order valence-corrected chi connectivity index (χ0v) is 21.8. The summed E-state index contributed by atoms with van der Waals surface area (Å²) in [6, 6.07) is 0. The van der Waals surface area contributed by atoms with E-state index in [1.807, 2.05) is 14.2 Å². The van der Waals surface area contributed by atoms with E-state index < -0.39 is 0 Å². The van der Waals surface area contributed by atoms with Gasteiger partial charge in [-0.05, 0) is 97.2 Å². The van der Waals surface area contributed by atoms with Crippen molar-refractivity contribution in [2.45, 2.75) is 117 Å². The predicted octanol–water partition coefficient (Wildman–Crippen LogP) is 8.10. The van der Waals surface area contributed by atoms with Gasteiger partial charge in [0.1, 0.15) is 0 Å². The molecule has 2 nitrogen and oxygen atoms in total. The van der Waals surface area contributed by atoms with Gasteiger partial charge in [0.25, 0.3) is 0 Å². The lowest BCUT2D eigenvalue weighted by Gasteiger charge is -2.62. The quantitative estimate of drug-likeness (QED) is 0.378. The summed E-state index contributed by atoms with van der Waals surface area (Å²) in [6.45, 7) is 12.7. The molecule has 4 saturated carbocycles. The Morgan fingerprint density at radius 2 is 1.48 bits per heavy atom. The van der Waals surface area contributed by atoms with E-state index in [0.29, 0.717) is 10.8 Å². The molecule has 2 heteroatoms. The maximum atomic E-state index is 5.91. The molecule has 4 fully saturated rings. The molecule has 0 aromatic rings. The van der Waals surface area contributed by atoms with Crippen LogP contribution in [0.4, 0.5) is 0 Å². The molecule has 0 amide bonds. The maximum absolute atomic E-state index is 5.91. The van der Waals surface area contributed by atoms with Crippen molar-refractivity contribution < 1.29 is 9.47 Å². The van der Waals surface area contributed by atoms with Crippen molar-refractivity contribution in [2.24, 2.45) is 52.3 Å². The average molecular weight is 433 g/mol. The highest BCUT2D eigenvalue weighted by Crippen LogP contribution is 2.69. The van der Waals surface area contributed by atoms with E-state index in [2.05, 4.69) is 34.6 Å². The normalized spacial score (nSPS) is 45.1. The minimum Gasteiger partial charge on any atom is -0.353 e. The van der Waals surface area contributed by atoms with Crippen molar-refractivity contribution in [1.82, 2.24) is 0 Å². The van der Waals surface area contributed by atoms with Crippen molar-refractivity contribution in [2.75, 3.05) is 14.2 Å². The van der Waals surface area contributed by atoms with Crippen LogP contribution in [0.5, 0.6) is 0 Å². The Morgan fingerprint density at radius 1 is 0.774 bits per heavy atom. The fourth-order valence-corrected chi connectivity index (χ4v) is 9.68. The van der Waals surface area contributed by atoms with Crippen molar-refractivity contribution in [3.05, 3.63) is 0 Å². The van der Waals surface area contributed by atoms with Gasteiger partial charge in [-0.2, -0.15) is 0 Å². The minimum atomic E-state index is -0.315. The summed E-state index contributed by atoms with van der Waals surface area (Å²) >= 11 is 0. The van der Waals surface area contributed by atoms with E-state index in [1.54, 1.807) is 0 Å². The van der Waals surface area contributed by atoms with Crippen molar-refractivity contribution in [3.63, 3.8) is 0 Å². The smallest absolute Gasteiger partial charge is 0.167 e. The summed E-state index contributed by atoms with van der Waals surface area (Å²) in [7, 11) is 3.70. The Morgan fingerprint density at radius 3 is 2.16 bits per heavy atom. The Balaban J connectivity index is 1.46. The van der Waals surface area contributed by atoms with Gasteiger partial charge in [0.15, 0.2) is 5.79 Å². The summed E-state index contributed by atoms with van der Waals surface area (Å²) in [5.74, 6) is 6.10. The first kappa shape index (κ1) is 24.1. The van der Waals surface area contributed by atoms with Gasteiger partial charge in [0, 0.05) is 27.1 Å². The molecular formula is C29H52O2. The third kappa shape index (κ3) is 4.05. The molecule has 4 aliphatic rings. The van der Waals surface area contributed by atoms with E-state index in [0.717, 1.165) is 54.3 Å². The topological polar surface area (TPSA) is 18.5 Å². The minimum absolute atomic E-state index is 0.315. The van der Waals surface area contributed by atoms with Crippen LogP contribution in [-0.2, 0) is 9.47 Å². The molecule has 0 aromatic carbocycles. The largest absolute Gasteiger partial charge is 0.353 e. The van der Waals surface area contributed by atoms with Crippen molar-refractivity contribution >= 4 is 0 Å². The summed E-state index contributed by atoms with van der Waals surface area (Å²) < 4.78 is 11.8. The molecule has 4 aliphatic carbocycles. The molecule has 0 aliphatic heterocycles. The SMILES string of the molecule is COC1(OC)CC[C@@]2(C)[C@H](CC[C@@H]3[C@@H]2CC[C@]2(C)[C@@H]([C@H](C)CCCC(C)C)CC[C@@H]32)C1. The predicted molar refractivity (Wildman–Crippen MR) is 130 cm³/mol. The van der Waals surface area contributed by atoms with E-state index in [4.69, 9.17) is 9.47 Å². The number of hydrogen-bond acceptors (Lipinski definition) is 2. The lowest BCUT2D eigenvalue weighted by molar-refractivity contribution is -0.261. The Labute approximate surface area is 193 Å². The molecule has 0 radical (unpaired) electrons. The second kappa shape index (κ2) is 8.94. The van der Waals surface area contributed by atoms with Gasteiger partial charge >= 0.3 is 0 Å². The first-order valence-electron chi connectivity index (χ1n) is 13.8. The monoisotopic (exact) mass is 432 g/mol. The van der Waals surface area contributed by atoms with E-state index in [1.165, 1.54) is 64.2 Å². The lowest BCUT2D eigenvalue weighted by Crippen LogP contribution is -2.56. The molecular weight excluding hydrogens is 380 g/mol. The van der Waals surface area contributed by atoms with Crippen LogP contribution < -0.4 is 0 Å². The van der Waals surface area contributed by atoms with Gasteiger partial charge in [-0.25, -0.2) is 0 Å². The molecule has 0 spiro atoms. The maximum Gasteiger partial charge on any atom is 0.167 e. The highest BCUT2D eigenvalue weighted by atomic mass is 16.7. The van der Waals surface area contributed by atoms with E-state index in [9.17, 15) is 0 Å². The summed E-state index contributed by atoms with van der Waals surface area (Å²) in [6.07, 6.45) is 16.6. The molecule has 0 bridgehead atoms. The first-order valence-corrected chi connectivity index (χ1v) is 13.8. The molecule has 31 heavy (non-hydrogen) atoms. The molecule has 0 unspecified atom stereocenters. The fraction of sp³-hybridized carbons (Fsp3) is 1.00. The molecule has 0 N–H and O–H groups in total. The zero-order valence-electron chi connectivity index (χ0n) is 21.8. The number of methoxy groups -OCH3 is 2. The Kier molecular flexibility index (Phi) is 6.93. The van der Waals surface area contributed by atoms with Crippen LogP contribution in [0.15, 0.2) is 0 Å². The van der Waals surface area contributed by atoms with Gasteiger partial charge < -0.3 is 9.47 Å². The summed E-state index contributed by atoms with van der Waals surface area (Å²) in [5.41, 5.74) is 1.12. The number of hydrogen-bond donors (Lipinski definition) is 0. The third-order valence-electron chi connectivity index (χ3n) is 11.6. The third-order valence-corrected chi connectivity index (χ3v) is 11.6. The van der Waals surface area contributed by atoms with Crippen molar-refractivity contribution in [3.8, 4) is 0 Å². The van der Waals surface area contributed by atoms with Crippen LogP contribution >= 0.6 is 0 Å². The molecule has 0 saturated heterocycles. The van der Waals surface area contributed by atoms with E-state index in [-0.39, 0.29) is 5.79 Å². The zero-order chi connectivity index (χ0) is 22.4. The summed E-state index contributed by atoms with van der Waals surface area (Å²) in [4.78, 5) is 0. The number of fused-ring (bicyclic) bond motifs is 5. The Hall–Kier alpha value is -0.0800. The van der Waals surface area contributed by atoms with Gasteiger partial charge in [-0.3, -0.25) is 0 Å². The second-order valence-corrected chi connectivity index (χ2v) is 13.2. The standard InChI is InChI=1S/C29H52O2/c1-20(2)9-8-10-21(3)24-13-14-25-23-12-11-22-19-29(30-6,31-7)18-17-27(22,4)26(23)15-16-28(24,25)5/h20-26H,8-19H2,1-7H3/t21-,22-,23+,24-,25+,26+,27+,28-/m1/s1. The molecule has 180 valence electrons. The fourth-order valence-electron chi connectivity index (χ4n) is 9.68. The van der Waals surface area contributed by atoms with Crippen LogP contribution in [0.25, 0.3) is 0 Å². The van der Waals surface area contributed by atoms with Gasteiger partial charge in [0.2, 0.25) is 0 Å². The molecule has 8 atom stereocenters. The van der Waals surface area contributed by atoms with Gasteiger partial charge in [-0.1, -0.05) is 53.9 Å².